The molecular formula is C24H33IN4O. The normalized spacial score (nSPS) is 14.7. The lowest BCUT2D eigenvalue weighted by Gasteiger charge is -2.34. The van der Waals surface area contributed by atoms with Crippen molar-refractivity contribution in [1.29, 1.82) is 0 Å². The minimum absolute atomic E-state index is 0. The van der Waals surface area contributed by atoms with Gasteiger partial charge in [-0.05, 0) is 54.9 Å². The van der Waals surface area contributed by atoms with Crippen LogP contribution >= 0.6 is 24.0 Å². The number of benzene rings is 2. The monoisotopic (exact) mass is 520 g/mol. The maximum absolute atomic E-state index is 11.1. The number of nitrogens with one attached hydrogen (secondary N) is 2. The third-order valence-corrected chi connectivity index (χ3v) is 5.46. The largest absolute Gasteiger partial charge is 0.356 e. The predicted octanol–water partition coefficient (Wildman–Crippen LogP) is 4.34. The number of hydrogen-bond donors (Lipinski definition) is 2. The minimum Gasteiger partial charge on any atom is -0.356 e. The van der Waals surface area contributed by atoms with Crippen molar-refractivity contribution in [1.82, 2.24) is 10.2 Å². The summed E-state index contributed by atoms with van der Waals surface area (Å²) in [5.41, 5.74) is 3.52. The molecule has 2 N–H and O–H groups in total. The third-order valence-electron chi connectivity index (χ3n) is 5.46. The maximum Gasteiger partial charge on any atom is 0.221 e. The highest BCUT2D eigenvalue weighted by Gasteiger charge is 2.21. The lowest BCUT2D eigenvalue weighted by atomic mass is 9.90. The van der Waals surface area contributed by atoms with Gasteiger partial charge >= 0.3 is 0 Å². The van der Waals surface area contributed by atoms with E-state index in [0.717, 1.165) is 43.6 Å². The van der Waals surface area contributed by atoms with Crippen molar-refractivity contribution in [3.63, 3.8) is 0 Å². The van der Waals surface area contributed by atoms with Gasteiger partial charge in [0.1, 0.15) is 0 Å². The number of aliphatic imine (C=N–C) groups is 1. The number of amides is 1. The second-order valence-electron chi connectivity index (χ2n) is 7.72. The standard InChI is InChI=1S/C24H32N4O.HI/c1-19(29)27-23-10-8-20(9-11-23)12-15-26-24(25-2)28-16-13-22(14-17-28)18-21-6-4-3-5-7-21;/h3-11,22H,12-18H2,1-2H3,(H,25,26)(H,27,29);1H. The highest BCUT2D eigenvalue weighted by Crippen LogP contribution is 2.21. The second kappa shape index (κ2) is 12.6. The van der Waals surface area contributed by atoms with E-state index in [1.165, 1.54) is 37.3 Å². The summed E-state index contributed by atoms with van der Waals surface area (Å²) in [6.07, 6.45) is 4.51. The zero-order chi connectivity index (χ0) is 20.5. The molecule has 0 unspecified atom stereocenters. The molecule has 1 amide bonds. The minimum atomic E-state index is -0.0456. The van der Waals surface area contributed by atoms with Crippen LogP contribution in [0.2, 0.25) is 0 Å². The summed E-state index contributed by atoms with van der Waals surface area (Å²) in [5.74, 6) is 1.71. The molecule has 3 rings (SSSR count). The molecule has 5 nitrogen and oxygen atoms in total. The van der Waals surface area contributed by atoms with Gasteiger partial charge in [-0.3, -0.25) is 9.79 Å². The third kappa shape index (κ3) is 7.63. The number of halogens is 1. The summed E-state index contributed by atoms with van der Waals surface area (Å²) in [4.78, 5) is 18.0. The van der Waals surface area contributed by atoms with E-state index in [-0.39, 0.29) is 29.9 Å². The van der Waals surface area contributed by atoms with Crippen molar-refractivity contribution in [2.24, 2.45) is 10.9 Å². The van der Waals surface area contributed by atoms with Crippen LogP contribution in [0.3, 0.4) is 0 Å². The van der Waals surface area contributed by atoms with Crippen molar-refractivity contribution in [3.8, 4) is 0 Å². The Kier molecular flexibility index (Phi) is 10.1. The van der Waals surface area contributed by atoms with Gasteiger partial charge in [0.15, 0.2) is 5.96 Å². The average molecular weight is 520 g/mol. The molecule has 0 bridgehead atoms. The van der Waals surface area contributed by atoms with Crippen molar-refractivity contribution in [2.75, 3.05) is 32.0 Å². The number of anilines is 1. The molecule has 0 spiro atoms. The molecule has 2 aromatic carbocycles. The van der Waals surface area contributed by atoms with Gasteiger partial charge in [-0.2, -0.15) is 0 Å². The van der Waals surface area contributed by atoms with Crippen molar-refractivity contribution < 1.29 is 4.79 Å². The van der Waals surface area contributed by atoms with Crippen LogP contribution < -0.4 is 10.6 Å². The fourth-order valence-corrected chi connectivity index (χ4v) is 3.91. The smallest absolute Gasteiger partial charge is 0.221 e. The van der Waals surface area contributed by atoms with E-state index in [4.69, 9.17) is 0 Å². The average Bonchev–Trinajstić information content (AvgIpc) is 2.74. The van der Waals surface area contributed by atoms with Gasteiger partial charge in [-0.25, -0.2) is 0 Å². The van der Waals surface area contributed by atoms with Crippen molar-refractivity contribution in [3.05, 3.63) is 65.7 Å². The summed E-state index contributed by atoms with van der Waals surface area (Å²) in [6.45, 7) is 4.48. The molecule has 1 heterocycles. The number of nitrogens with zero attached hydrogens (tertiary/aromatic N) is 2. The van der Waals surface area contributed by atoms with Crippen LogP contribution in [0, 0.1) is 5.92 Å². The number of piperidine rings is 1. The summed E-state index contributed by atoms with van der Waals surface area (Å²) in [6, 6.07) is 18.8. The first kappa shape index (κ1) is 24.2. The molecule has 1 fully saturated rings. The number of rotatable bonds is 6. The van der Waals surface area contributed by atoms with Crippen LogP contribution in [0.5, 0.6) is 0 Å². The fraction of sp³-hybridized carbons (Fsp3) is 0.417. The Morgan fingerprint density at radius 2 is 1.70 bits per heavy atom. The van der Waals surface area contributed by atoms with Crippen LogP contribution in [0.1, 0.15) is 30.9 Å². The molecule has 1 saturated heterocycles. The molecule has 0 saturated carbocycles. The molecule has 0 radical (unpaired) electrons. The van der Waals surface area contributed by atoms with E-state index in [2.05, 4.69) is 63.0 Å². The lowest BCUT2D eigenvalue weighted by Crippen LogP contribution is -2.46. The zero-order valence-electron chi connectivity index (χ0n) is 17.9. The Morgan fingerprint density at radius 3 is 2.30 bits per heavy atom. The molecular weight excluding hydrogens is 487 g/mol. The SMILES string of the molecule is CN=C(NCCc1ccc(NC(C)=O)cc1)N1CCC(Cc2ccccc2)CC1.I. The van der Waals surface area contributed by atoms with Crippen molar-refractivity contribution in [2.45, 2.75) is 32.6 Å². The molecule has 0 atom stereocenters. The van der Waals surface area contributed by atoms with E-state index in [0.29, 0.717) is 0 Å². The molecule has 0 aromatic heterocycles. The Balaban J connectivity index is 0.00000320. The number of guanidine groups is 1. The number of carbonyl (C=O) groups excluding carboxylic acids is 1. The van der Waals surface area contributed by atoms with Crippen LogP contribution in [0.25, 0.3) is 0 Å². The van der Waals surface area contributed by atoms with E-state index in [1.54, 1.807) is 0 Å². The molecule has 1 aliphatic rings. The molecule has 6 heteroatoms. The summed E-state index contributed by atoms with van der Waals surface area (Å²) in [7, 11) is 1.86. The van der Waals surface area contributed by atoms with Crippen molar-refractivity contribution >= 4 is 41.5 Å². The Hall–Kier alpha value is -2.09. The first-order valence-electron chi connectivity index (χ1n) is 10.5. The van der Waals surface area contributed by atoms with Gasteiger partial charge in [0.05, 0.1) is 0 Å². The number of likely N-dealkylation sites (tertiary alicyclic amines) is 1. The Bertz CT molecular complexity index is 800. The van der Waals surface area contributed by atoms with Gasteiger partial charge in [0, 0.05) is 39.3 Å². The summed E-state index contributed by atoms with van der Waals surface area (Å²) >= 11 is 0. The lowest BCUT2D eigenvalue weighted by molar-refractivity contribution is -0.114. The quantitative estimate of drug-likeness (QED) is 0.339. The highest BCUT2D eigenvalue weighted by molar-refractivity contribution is 14.0. The van der Waals surface area contributed by atoms with E-state index < -0.39 is 0 Å². The molecule has 0 aliphatic carbocycles. The molecule has 2 aromatic rings. The Morgan fingerprint density at radius 1 is 1.03 bits per heavy atom. The summed E-state index contributed by atoms with van der Waals surface area (Å²) < 4.78 is 0. The highest BCUT2D eigenvalue weighted by atomic mass is 127. The van der Waals surface area contributed by atoms with Gasteiger partial charge in [0.25, 0.3) is 0 Å². The first-order valence-corrected chi connectivity index (χ1v) is 10.5. The maximum atomic E-state index is 11.1. The van der Waals surface area contributed by atoms with E-state index >= 15 is 0 Å². The van der Waals surface area contributed by atoms with Crippen LogP contribution in [-0.2, 0) is 17.6 Å². The first-order chi connectivity index (χ1) is 14.1. The van der Waals surface area contributed by atoms with Gasteiger partial charge in [0.2, 0.25) is 5.91 Å². The fourth-order valence-electron chi connectivity index (χ4n) is 3.91. The van der Waals surface area contributed by atoms with Crippen LogP contribution in [-0.4, -0.2) is 43.4 Å². The van der Waals surface area contributed by atoms with E-state index in [9.17, 15) is 4.79 Å². The Labute approximate surface area is 197 Å². The predicted molar refractivity (Wildman–Crippen MR) is 136 cm³/mol. The molecule has 1 aliphatic heterocycles. The van der Waals surface area contributed by atoms with E-state index in [1.807, 2.05) is 19.2 Å². The van der Waals surface area contributed by atoms with Gasteiger partial charge < -0.3 is 15.5 Å². The second-order valence-corrected chi connectivity index (χ2v) is 7.72. The molecule has 30 heavy (non-hydrogen) atoms. The number of carbonyl (C=O) groups is 1. The van der Waals surface area contributed by atoms with Gasteiger partial charge in [-0.15, -0.1) is 24.0 Å². The van der Waals surface area contributed by atoms with Crippen LogP contribution in [0.4, 0.5) is 5.69 Å². The summed E-state index contributed by atoms with van der Waals surface area (Å²) in [5, 5.41) is 6.30. The topological polar surface area (TPSA) is 56.7 Å². The zero-order valence-corrected chi connectivity index (χ0v) is 20.3. The molecule has 162 valence electrons. The van der Waals surface area contributed by atoms with Crippen LogP contribution in [0.15, 0.2) is 59.6 Å². The number of hydrogen-bond acceptors (Lipinski definition) is 2. The van der Waals surface area contributed by atoms with Gasteiger partial charge in [-0.1, -0.05) is 42.5 Å².